The molecule has 12 nitrogen and oxygen atoms in total. The van der Waals surface area contributed by atoms with Crippen LogP contribution in [0.5, 0.6) is 0 Å². The van der Waals surface area contributed by atoms with Crippen LogP contribution in [0.3, 0.4) is 0 Å². The Balaban J connectivity index is 2.11. The summed E-state index contributed by atoms with van der Waals surface area (Å²) >= 11 is 0. The average Bonchev–Trinajstić information content (AvgIpc) is 2.55. The first-order chi connectivity index (χ1) is 11.2. The number of rotatable bonds is 4. The van der Waals surface area contributed by atoms with Crippen LogP contribution < -0.4 is 0 Å². The molecule has 0 saturated carbocycles. The van der Waals surface area contributed by atoms with Gasteiger partial charge >= 0.3 is 5.97 Å². The van der Waals surface area contributed by atoms with Gasteiger partial charge in [0.1, 0.15) is 42.7 Å². The van der Waals surface area contributed by atoms with E-state index in [1.54, 1.807) is 0 Å². The zero-order valence-electron chi connectivity index (χ0n) is 12.2. The lowest BCUT2D eigenvalue weighted by atomic mass is 9.98. The van der Waals surface area contributed by atoms with Crippen molar-refractivity contribution in [2.45, 2.75) is 61.4 Å². The van der Waals surface area contributed by atoms with E-state index < -0.39 is 74.0 Å². The smallest absolute Gasteiger partial charge is 0.335 e. The monoisotopic (exact) mass is 356 g/mol. The van der Waals surface area contributed by atoms with E-state index in [1.807, 2.05) is 0 Å². The third-order valence-corrected chi connectivity index (χ3v) is 3.93. The van der Waals surface area contributed by atoms with Gasteiger partial charge in [0.05, 0.1) is 6.61 Å². The highest BCUT2D eigenvalue weighted by atomic mass is 16.8. The number of carboxylic acids is 1. The summed E-state index contributed by atoms with van der Waals surface area (Å²) in [7, 11) is 0. The maximum absolute atomic E-state index is 11.0. The van der Waals surface area contributed by atoms with E-state index >= 15 is 0 Å². The van der Waals surface area contributed by atoms with Crippen molar-refractivity contribution in [2.75, 3.05) is 6.61 Å². The average molecular weight is 356 g/mol. The van der Waals surface area contributed by atoms with Crippen LogP contribution in [-0.2, 0) is 19.0 Å². The molecular weight excluding hydrogens is 336 g/mol. The molecule has 2 saturated heterocycles. The first kappa shape index (κ1) is 19.4. The highest BCUT2D eigenvalue weighted by Crippen LogP contribution is 2.28. The number of carbonyl (C=O) groups is 1. The van der Waals surface area contributed by atoms with Crippen molar-refractivity contribution in [1.82, 2.24) is 0 Å². The lowest BCUT2D eigenvalue weighted by Gasteiger charge is -2.44. The maximum atomic E-state index is 11.0. The van der Waals surface area contributed by atoms with Crippen LogP contribution in [-0.4, -0.2) is 115 Å². The molecule has 10 atom stereocenters. The summed E-state index contributed by atoms with van der Waals surface area (Å²) in [4.78, 5) is 11.0. The highest BCUT2D eigenvalue weighted by Gasteiger charge is 2.51. The molecule has 24 heavy (non-hydrogen) atoms. The molecule has 140 valence electrons. The zero-order valence-corrected chi connectivity index (χ0v) is 12.2. The molecule has 2 heterocycles. The highest BCUT2D eigenvalue weighted by molar-refractivity contribution is 5.73. The van der Waals surface area contributed by atoms with Gasteiger partial charge in [0.25, 0.3) is 0 Å². The van der Waals surface area contributed by atoms with Crippen molar-refractivity contribution < 1.29 is 59.9 Å². The van der Waals surface area contributed by atoms with E-state index in [4.69, 9.17) is 24.4 Å². The fourth-order valence-corrected chi connectivity index (χ4v) is 2.48. The molecule has 0 bridgehead atoms. The second-order valence-electron chi connectivity index (χ2n) is 5.57. The first-order valence-electron chi connectivity index (χ1n) is 7.07. The van der Waals surface area contributed by atoms with Gasteiger partial charge in [-0.15, -0.1) is 0 Å². The predicted molar refractivity (Wildman–Crippen MR) is 69.2 cm³/mol. The van der Waals surface area contributed by atoms with Gasteiger partial charge in [-0.25, -0.2) is 4.79 Å². The molecule has 2 rings (SSSR count). The van der Waals surface area contributed by atoms with Gasteiger partial charge < -0.3 is 55.1 Å². The van der Waals surface area contributed by atoms with Crippen molar-refractivity contribution in [2.24, 2.45) is 0 Å². The van der Waals surface area contributed by atoms with Gasteiger partial charge in [-0.2, -0.15) is 0 Å². The van der Waals surface area contributed by atoms with Crippen LogP contribution >= 0.6 is 0 Å². The van der Waals surface area contributed by atoms with Crippen molar-refractivity contribution in [1.29, 1.82) is 0 Å². The molecule has 8 N–H and O–H groups in total. The normalized spacial score (nSPS) is 49.8. The zero-order chi connectivity index (χ0) is 18.2. The van der Waals surface area contributed by atoms with E-state index in [0.717, 1.165) is 0 Å². The maximum Gasteiger partial charge on any atom is 0.335 e. The minimum Gasteiger partial charge on any atom is -0.479 e. The molecule has 0 amide bonds. The summed E-state index contributed by atoms with van der Waals surface area (Å²) in [6, 6.07) is 0. The number of hydrogen-bond acceptors (Lipinski definition) is 11. The van der Waals surface area contributed by atoms with Gasteiger partial charge in [-0.1, -0.05) is 0 Å². The second-order valence-corrected chi connectivity index (χ2v) is 5.57. The lowest BCUT2D eigenvalue weighted by Crippen LogP contribution is -2.64. The SMILES string of the molecule is O=C(O)[C@H]1O[C@@H](O[C@H]2O[C@H](CO)[C@@H](O)[C@H](O)[C@@H]2O)[C@H](O)[C@@H](O)[C@@H]1O. The largest absolute Gasteiger partial charge is 0.479 e. The summed E-state index contributed by atoms with van der Waals surface area (Å²) in [6.07, 6.45) is -17.7. The molecule has 2 aliphatic rings. The Morgan fingerprint density at radius 3 is 1.79 bits per heavy atom. The summed E-state index contributed by atoms with van der Waals surface area (Å²) in [5.41, 5.74) is 0. The standard InChI is InChI=1S/C12H20O12/c13-1-2-3(14)4(15)7(18)11(22-2)24-12-8(19)5(16)6(17)9(23-12)10(20)21/h2-9,11-19H,1H2,(H,20,21)/t2-,3-,4+,5+,6+,7+,8-,9+,11-,12+/m1/s1. The molecule has 12 heteroatoms. The van der Waals surface area contributed by atoms with E-state index in [2.05, 4.69) is 0 Å². The van der Waals surface area contributed by atoms with E-state index in [9.17, 15) is 35.4 Å². The van der Waals surface area contributed by atoms with E-state index in [0.29, 0.717) is 0 Å². The van der Waals surface area contributed by atoms with Crippen LogP contribution in [0.1, 0.15) is 0 Å². The fourth-order valence-electron chi connectivity index (χ4n) is 2.48. The molecule has 0 radical (unpaired) electrons. The molecule has 0 aromatic heterocycles. The summed E-state index contributed by atoms with van der Waals surface area (Å²) in [6.45, 7) is -0.724. The molecule has 0 unspecified atom stereocenters. The molecule has 0 aliphatic carbocycles. The molecule has 0 spiro atoms. The summed E-state index contributed by atoms with van der Waals surface area (Å²) < 4.78 is 14.9. The quantitative estimate of drug-likeness (QED) is 0.238. The third kappa shape index (κ3) is 3.52. The molecule has 2 fully saturated rings. The van der Waals surface area contributed by atoms with Crippen molar-refractivity contribution in [3.63, 3.8) is 0 Å². The third-order valence-electron chi connectivity index (χ3n) is 3.93. The summed E-state index contributed by atoms with van der Waals surface area (Å²) in [5, 5.41) is 76.1. The second kappa shape index (κ2) is 7.53. The van der Waals surface area contributed by atoms with Crippen molar-refractivity contribution >= 4 is 5.97 Å². The number of aliphatic hydroxyl groups excluding tert-OH is 7. The number of ether oxygens (including phenoxy) is 3. The number of hydrogen-bond donors (Lipinski definition) is 8. The topological polar surface area (TPSA) is 207 Å². The van der Waals surface area contributed by atoms with Gasteiger partial charge in [-0.3, -0.25) is 0 Å². The van der Waals surface area contributed by atoms with Crippen LogP contribution in [0.25, 0.3) is 0 Å². The minimum atomic E-state index is -1.92. The van der Waals surface area contributed by atoms with Crippen LogP contribution in [0.15, 0.2) is 0 Å². The Morgan fingerprint density at radius 1 is 0.792 bits per heavy atom. The molecule has 0 aromatic rings. The number of aliphatic hydroxyl groups is 7. The predicted octanol–water partition coefficient (Wildman–Crippen LogP) is -5.30. The van der Waals surface area contributed by atoms with Gasteiger partial charge in [0.15, 0.2) is 18.7 Å². The number of aliphatic carboxylic acids is 1. The molecular formula is C12H20O12. The fraction of sp³-hybridized carbons (Fsp3) is 0.917. The minimum absolute atomic E-state index is 0.724. The van der Waals surface area contributed by atoms with Gasteiger partial charge in [0, 0.05) is 0 Å². The Morgan fingerprint density at radius 2 is 1.29 bits per heavy atom. The van der Waals surface area contributed by atoms with E-state index in [-0.39, 0.29) is 0 Å². The van der Waals surface area contributed by atoms with Crippen LogP contribution in [0.4, 0.5) is 0 Å². The van der Waals surface area contributed by atoms with Crippen molar-refractivity contribution in [3.05, 3.63) is 0 Å². The Labute approximate surface area is 135 Å². The molecule has 0 aromatic carbocycles. The van der Waals surface area contributed by atoms with E-state index in [1.165, 1.54) is 0 Å². The van der Waals surface area contributed by atoms with Crippen LogP contribution in [0, 0.1) is 0 Å². The number of carboxylic acid groups (broad SMARTS) is 1. The van der Waals surface area contributed by atoms with Crippen molar-refractivity contribution in [3.8, 4) is 0 Å². The Kier molecular flexibility index (Phi) is 6.09. The van der Waals surface area contributed by atoms with Gasteiger partial charge in [0.2, 0.25) is 0 Å². The van der Waals surface area contributed by atoms with Gasteiger partial charge in [-0.05, 0) is 0 Å². The first-order valence-corrected chi connectivity index (χ1v) is 7.07. The Hall–Kier alpha value is -0.930. The lowest BCUT2D eigenvalue weighted by molar-refractivity contribution is -0.372. The molecule has 2 aliphatic heterocycles. The Bertz CT molecular complexity index is 444. The van der Waals surface area contributed by atoms with Crippen LogP contribution in [0.2, 0.25) is 0 Å². The summed E-state index contributed by atoms with van der Waals surface area (Å²) in [5.74, 6) is -1.63.